The van der Waals surface area contributed by atoms with Crippen LogP contribution in [0.4, 0.5) is 0 Å². The molecule has 0 aliphatic heterocycles. The topological polar surface area (TPSA) is 81.4 Å². The predicted molar refractivity (Wildman–Crippen MR) is 67.0 cm³/mol. The molecule has 1 aromatic heterocycles. The lowest BCUT2D eigenvalue weighted by Gasteiger charge is -2.08. The van der Waals surface area contributed by atoms with Crippen LogP contribution in [-0.4, -0.2) is 27.7 Å². The molecule has 1 heterocycles. The van der Waals surface area contributed by atoms with Crippen molar-refractivity contribution in [3.63, 3.8) is 0 Å². The van der Waals surface area contributed by atoms with E-state index in [2.05, 4.69) is 9.72 Å². The molecule has 0 bridgehead atoms. The highest BCUT2D eigenvalue weighted by atomic mass is 16.5. The average molecular weight is 260 g/mol. The van der Waals surface area contributed by atoms with Gasteiger partial charge in [-0.2, -0.15) is 0 Å². The fraction of sp³-hybridized carbons (Fsp3) is 0.154. The number of carbonyl (C=O) groups excluding carboxylic acids is 1. The van der Waals surface area contributed by atoms with Gasteiger partial charge in [-0.3, -0.25) is 9.36 Å². The standard InChI is InChI=1S/C13H12N2O4/c1-19-13(18)9-2-3-10(11(16)6-9)7-15-8-14-5-4-12(15)17/h2-6,8,16H,7H2,1H3. The van der Waals surface area contributed by atoms with E-state index >= 15 is 0 Å². The summed E-state index contributed by atoms with van der Waals surface area (Å²) in [5, 5.41) is 9.84. The van der Waals surface area contributed by atoms with Gasteiger partial charge in [-0.05, 0) is 12.1 Å². The van der Waals surface area contributed by atoms with E-state index in [1.807, 2.05) is 0 Å². The van der Waals surface area contributed by atoms with Gasteiger partial charge >= 0.3 is 5.97 Å². The summed E-state index contributed by atoms with van der Waals surface area (Å²) < 4.78 is 5.91. The van der Waals surface area contributed by atoms with E-state index in [1.165, 1.54) is 42.4 Å². The van der Waals surface area contributed by atoms with Gasteiger partial charge in [-0.25, -0.2) is 9.78 Å². The predicted octanol–water partition coefficient (Wildman–Crippen LogP) is 0.784. The zero-order chi connectivity index (χ0) is 13.8. The molecule has 0 aliphatic carbocycles. The Balaban J connectivity index is 2.30. The minimum Gasteiger partial charge on any atom is -0.508 e. The van der Waals surface area contributed by atoms with Crippen LogP contribution in [0.25, 0.3) is 0 Å². The Morgan fingerprint density at radius 2 is 2.21 bits per heavy atom. The van der Waals surface area contributed by atoms with E-state index in [9.17, 15) is 14.7 Å². The summed E-state index contributed by atoms with van der Waals surface area (Å²) in [4.78, 5) is 26.7. The molecule has 6 heteroatoms. The highest BCUT2D eigenvalue weighted by Crippen LogP contribution is 2.19. The van der Waals surface area contributed by atoms with Crippen molar-refractivity contribution in [2.45, 2.75) is 6.54 Å². The second-order valence-corrected chi connectivity index (χ2v) is 3.88. The van der Waals surface area contributed by atoms with Gasteiger partial charge in [-0.1, -0.05) is 6.07 Å². The smallest absolute Gasteiger partial charge is 0.337 e. The number of nitrogens with zero attached hydrogens (tertiary/aromatic N) is 2. The van der Waals surface area contributed by atoms with Gasteiger partial charge in [0.25, 0.3) is 5.56 Å². The Morgan fingerprint density at radius 3 is 2.84 bits per heavy atom. The van der Waals surface area contributed by atoms with Crippen molar-refractivity contribution >= 4 is 5.97 Å². The maximum atomic E-state index is 11.5. The summed E-state index contributed by atoms with van der Waals surface area (Å²) in [6, 6.07) is 5.74. The Bertz CT molecular complexity index is 664. The number of hydrogen-bond acceptors (Lipinski definition) is 5. The Labute approximate surface area is 108 Å². The third kappa shape index (κ3) is 2.79. The molecule has 19 heavy (non-hydrogen) atoms. The minimum absolute atomic E-state index is 0.0707. The quantitative estimate of drug-likeness (QED) is 0.825. The first kappa shape index (κ1) is 12.8. The number of aromatic nitrogens is 2. The number of phenols is 1. The highest BCUT2D eigenvalue weighted by Gasteiger charge is 2.09. The Hall–Kier alpha value is -2.63. The molecule has 2 rings (SSSR count). The van der Waals surface area contributed by atoms with Crippen molar-refractivity contribution in [3.05, 3.63) is 58.3 Å². The van der Waals surface area contributed by atoms with Gasteiger partial charge in [-0.15, -0.1) is 0 Å². The first-order chi connectivity index (χ1) is 9.11. The van der Waals surface area contributed by atoms with Crippen LogP contribution in [-0.2, 0) is 11.3 Å². The van der Waals surface area contributed by atoms with E-state index in [4.69, 9.17) is 0 Å². The summed E-state index contributed by atoms with van der Waals surface area (Å²) in [6.07, 6.45) is 2.79. The number of rotatable bonds is 3. The monoisotopic (exact) mass is 260 g/mol. The molecule has 98 valence electrons. The first-order valence-corrected chi connectivity index (χ1v) is 5.52. The van der Waals surface area contributed by atoms with Crippen molar-refractivity contribution in [3.8, 4) is 5.75 Å². The van der Waals surface area contributed by atoms with Crippen molar-refractivity contribution in [1.82, 2.24) is 9.55 Å². The Kier molecular flexibility index (Phi) is 3.61. The van der Waals surface area contributed by atoms with Crippen LogP contribution in [0, 0.1) is 0 Å². The van der Waals surface area contributed by atoms with Crippen molar-refractivity contribution < 1.29 is 14.6 Å². The van der Waals surface area contributed by atoms with Gasteiger partial charge in [0.2, 0.25) is 0 Å². The van der Waals surface area contributed by atoms with E-state index in [0.29, 0.717) is 5.56 Å². The molecule has 0 spiro atoms. The average Bonchev–Trinajstić information content (AvgIpc) is 2.42. The van der Waals surface area contributed by atoms with Gasteiger partial charge in [0.15, 0.2) is 0 Å². The summed E-state index contributed by atoms with van der Waals surface area (Å²) in [7, 11) is 1.27. The molecule has 0 aliphatic rings. The summed E-state index contributed by atoms with van der Waals surface area (Å²) in [6.45, 7) is 0.181. The molecule has 1 aromatic carbocycles. The number of aromatic hydroxyl groups is 1. The van der Waals surface area contributed by atoms with Crippen LogP contribution in [0.2, 0.25) is 0 Å². The summed E-state index contributed by atoms with van der Waals surface area (Å²) in [5.74, 6) is -0.598. The molecule has 0 unspecified atom stereocenters. The summed E-state index contributed by atoms with van der Waals surface area (Å²) in [5.41, 5.74) is 0.552. The van der Waals surface area contributed by atoms with E-state index in [-0.39, 0.29) is 23.4 Å². The molecule has 0 saturated carbocycles. The van der Waals surface area contributed by atoms with E-state index in [0.717, 1.165) is 0 Å². The third-order valence-corrected chi connectivity index (χ3v) is 2.64. The molecule has 2 aromatic rings. The summed E-state index contributed by atoms with van der Waals surface area (Å²) >= 11 is 0. The van der Waals surface area contributed by atoms with Gasteiger partial charge in [0.05, 0.1) is 25.5 Å². The fourth-order valence-corrected chi connectivity index (χ4v) is 1.62. The first-order valence-electron chi connectivity index (χ1n) is 5.52. The van der Waals surface area contributed by atoms with Crippen molar-refractivity contribution in [2.24, 2.45) is 0 Å². The molecular formula is C13H12N2O4. The molecule has 1 N–H and O–H groups in total. The largest absolute Gasteiger partial charge is 0.508 e. The van der Waals surface area contributed by atoms with E-state index in [1.54, 1.807) is 6.07 Å². The normalized spacial score (nSPS) is 10.2. The van der Waals surface area contributed by atoms with Gasteiger partial charge in [0, 0.05) is 17.8 Å². The molecule has 0 fully saturated rings. The van der Waals surface area contributed by atoms with Gasteiger partial charge in [0.1, 0.15) is 5.75 Å². The third-order valence-electron chi connectivity index (χ3n) is 2.64. The number of benzene rings is 1. The maximum Gasteiger partial charge on any atom is 0.337 e. The molecule has 0 atom stereocenters. The molecule has 6 nitrogen and oxygen atoms in total. The van der Waals surface area contributed by atoms with Crippen molar-refractivity contribution in [1.29, 1.82) is 0 Å². The highest BCUT2D eigenvalue weighted by molar-refractivity contribution is 5.89. The number of carbonyl (C=O) groups is 1. The van der Waals surface area contributed by atoms with Crippen LogP contribution in [0.3, 0.4) is 0 Å². The van der Waals surface area contributed by atoms with Crippen LogP contribution in [0.5, 0.6) is 5.75 Å². The van der Waals surface area contributed by atoms with Crippen LogP contribution < -0.4 is 5.56 Å². The number of methoxy groups -OCH3 is 1. The molecule has 0 radical (unpaired) electrons. The maximum absolute atomic E-state index is 11.5. The number of esters is 1. The number of ether oxygens (including phenoxy) is 1. The second-order valence-electron chi connectivity index (χ2n) is 3.88. The van der Waals surface area contributed by atoms with Crippen LogP contribution >= 0.6 is 0 Å². The molecular weight excluding hydrogens is 248 g/mol. The lowest BCUT2D eigenvalue weighted by atomic mass is 10.1. The Morgan fingerprint density at radius 1 is 1.42 bits per heavy atom. The minimum atomic E-state index is -0.527. The zero-order valence-electron chi connectivity index (χ0n) is 10.2. The van der Waals surface area contributed by atoms with Crippen molar-refractivity contribution in [2.75, 3.05) is 7.11 Å². The number of hydrogen-bond donors (Lipinski definition) is 1. The fourth-order valence-electron chi connectivity index (χ4n) is 1.62. The SMILES string of the molecule is COC(=O)c1ccc(Cn2cnccc2=O)c(O)c1. The van der Waals surface area contributed by atoms with Crippen LogP contribution in [0.1, 0.15) is 15.9 Å². The zero-order valence-corrected chi connectivity index (χ0v) is 10.2. The lowest BCUT2D eigenvalue weighted by molar-refractivity contribution is 0.0600. The lowest BCUT2D eigenvalue weighted by Crippen LogP contribution is -2.19. The molecule has 0 amide bonds. The van der Waals surface area contributed by atoms with E-state index < -0.39 is 5.97 Å². The second kappa shape index (κ2) is 5.34. The number of phenolic OH excluding ortho intramolecular Hbond substituents is 1. The molecule has 0 saturated heterocycles. The van der Waals surface area contributed by atoms with Gasteiger partial charge < -0.3 is 9.84 Å². The van der Waals surface area contributed by atoms with Crippen LogP contribution in [0.15, 0.2) is 41.6 Å².